The van der Waals surface area contributed by atoms with Crippen molar-refractivity contribution in [3.05, 3.63) is 16.1 Å². The molecule has 1 saturated heterocycles. The number of carbonyl (C=O) groups excluding carboxylic acids is 2. The lowest BCUT2D eigenvalue weighted by Crippen LogP contribution is -2.49. The fraction of sp³-hybridized carbons (Fsp3) is 0.706. The molecule has 0 spiro atoms. The number of aromatic nitrogens is 1. The van der Waals surface area contributed by atoms with Gasteiger partial charge in [-0.3, -0.25) is 9.59 Å². The first-order valence-corrected chi connectivity index (χ1v) is 9.65. The zero-order valence-corrected chi connectivity index (χ0v) is 15.2. The van der Waals surface area contributed by atoms with E-state index >= 15 is 0 Å². The van der Waals surface area contributed by atoms with Crippen molar-refractivity contribution in [2.45, 2.75) is 57.9 Å². The Morgan fingerprint density at radius 2 is 2.25 bits per heavy atom. The Morgan fingerprint density at radius 3 is 2.96 bits per heavy atom. The maximum absolute atomic E-state index is 12.5. The number of nitrogens with zero attached hydrogens (tertiary/aromatic N) is 2. The van der Waals surface area contributed by atoms with E-state index in [0.717, 1.165) is 49.4 Å². The summed E-state index contributed by atoms with van der Waals surface area (Å²) in [6.45, 7) is 3.69. The third-order valence-corrected chi connectivity index (χ3v) is 5.17. The number of nitrogens with one attached hydrogen (secondary N) is 1. The van der Waals surface area contributed by atoms with Crippen LogP contribution in [-0.2, 0) is 16.0 Å². The van der Waals surface area contributed by atoms with Crippen LogP contribution >= 0.6 is 11.3 Å². The third kappa shape index (κ3) is 5.87. The predicted octanol–water partition coefficient (Wildman–Crippen LogP) is 1.62. The largest absolute Gasteiger partial charge is 0.354 e. The average molecular weight is 353 g/mol. The number of hydrogen-bond donors (Lipinski definition) is 2. The van der Waals surface area contributed by atoms with Crippen LogP contribution in [0.1, 0.15) is 49.2 Å². The van der Waals surface area contributed by atoms with E-state index in [1.54, 1.807) is 11.3 Å². The van der Waals surface area contributed by atoms with Crippen LogP contribution in [0.2, 0.25) is 0 Å². The van der Waals surface area contributed by atoms with Crippen LogP contribution in [0.4, 0.5) is 0 Å². The number of aryl methyl sites for hydroxylation is 2. The number of rotatable bonds is 8. The van der Waals surface area contributed by atoms with Gasteiger partial charge in [-0.15, -0.1) is 11.3 Å². The molecule has 1 aliphatic heterocycles. The second-order valence-electron chi connectivity index (χ2n) is 6.29. The molecular formula is C17H28N4O2S. The summed E-state index contributed by atoms with van der Waals surface area (Å²) in [5.41, 5.74) is 6.47. The van der Waals surface area contributed by atoms with Crippen molar-refractivity contribution in [2.24, 2.45) is 5.73 Å². The molecule has 7 heteroatoms. The van der Waals surface area contributed by atoms with E-state index in [4.69, 9.17) is 5.73 Å². The number of amides is 2. The van der Waals surface area contributed by atoms with E-state index in [0.29, 0.717) is 25.9 Å². The summed E-state index contributed by atoms with van der Waals surface area (Å²) < 4.78 is 0. The normalized spacial score (nSPS) is 17.8. The summed E-state index contributed by atoms with van der Waals surface area (Å²) >= 11 is 1.65. The molecule has 0 radical (unpaired) electrons. The molecule has 0 aliphatic carbocycles. The highest BCUT2D eigenvalue weighted by Crippen LogP contribution is 2.19. The van der Waals surface area contributed by atoms with E-state index in [1.165, 1.54) is 0 Å². The Morgan fingerprint density at radius 1 is 1.42 bits per heavy atom. The van der Waals surface area contributed by atoms with Gasteiger partial charge in [-0.2, -0.15) is 0 Å². The molecule has 1 unspecified atom stereocenters. The molecule has 1 aromatic rings. The van der Waals surface area contributed by atoms with Gasteiger partial charge in [0.2, 0.25) is 11.8 Å². The van der Waals surface area contributed by atoms with Gasteiger partial charge in [0.1, 0.15) is 0 Å². The summed E-state index contributed by atoms with van der Waals surface area (Å²) in [5, 5.41) is 6.04. The monoisotopic (exact) mass is 352 g/mol. The van der Waals surface area contributed by atoms with Crippen LogP contribution in [0.5, 0.6) is 0 Å². The Balaban J connectivity index is 1.77. The Bertz CT molecular complexity index is 546. The highest BCUT2D eigenvalue weighted by molar-refractivity contribution is 7.09. The molecule has 134 valence electrons. The Kier molecular flexibility index (Phi) is 7.65. The van der Waals surface area contributed by atoms with Gasteiger partial charge in [-0.05, 0) is 39.0 Å². The Labute approximate surface area is 147 Å². The van der Waals surface area contributed by atoms with Crippen molar-refractivity contribution in [3.8, 4) is 0 Å². The van der Waals surface area contributed by atoms with Gasteiger partial charge < -0.3 is 16.0 Å². The molecule has 2 rings (SSSR count). The minimum Gasteiger partial charge on any atom is -0.354 e. The van der Waals surface area contributed by atoms with Crippen LogP contribution in [-0.4, -0.2) is 47.4 Å². The van der Waals surface area contributed by atoms with Crippen LogP contribution in [0.25, 0.3) is 0 Å². The predicted molar refractivity (Wildman–Crippen MR) is 95.8 cm³/mol. The van der Waals surface area contributed by atoms with Gasteiger partial charge in [-0.25, -0.2) is 4.98 Å². The first kappa shape index (κ1) is 18.9. The molecule has 0 bridgehead atoms. The van der Waals surface area contributed by atoms with E-state index < -0.39 is 0 Å². The van der Waals surface area contributed by atoms with Crippen molar-refractivity contribution in [2.75, 3.05) is 19.6 Å². The lowest BCUT2D eigenvalue weighted by atomic mass is 10.0. The van der Waals surface area contributed by atoms with E-state index in [1.807, 2.05) is 11.8 Å². The molecule has 1 atom stereocenters. The number of carbonyl (C=O) groups is 2. The van der Waals surface area contributed by atoms with E-state index in [9.17, 15) is 9.59 Å². The number of hydrogen-bond acceptors (Lipinski definition) is 5. The fourth-order valence-corrected chi connectivity index (χ4v) is 3.73. The van der Waals surface area contributed by atoms with Crippen LogP contribution in [0, 0.1) is 6.92 Å². The number of thiazole rings is 1. The molecule has 2 heterocycles. The van der Waals surface area contributed by atoms with Gasteiger partial charge in [0.15, 0.2) is 0 Å². The van der Waals surface area contributed by atoms with Gasteiger partial charge in [0.25, 0.3) is 0 Å². The van der Waals surface area contributed by atoms with Crippen molar-refractivity contribution in [3.63, 3.8) is 0 Å². The zero-order chi connectivity index (χ0) is 17.4. The van der Waals surface area contributed by atoms with Gasteiger partial charge >= 0.3 is 0 Å². The van der Waals surface area contributed by atoms with Gasteiger partial charge in [0.05, 0.1) is 10.7 Å². The highest BCUT2D eigenvalue weighted by Gasteiger charge is 2.26. The maximum atomic E-state index is 12.5. The first-order chi connectivity index (χ1) is 11.6. The third-order valence-electron chi connectivity index (χ3n) is 4.34. The molecule has 6 nitrogen and oxygen atoms in total. The fourth-order valence-electron chi connectivity index (χ4n) is 3.08. The Hall–Kier alpha value is -1.47. The molecule has 1 aromatic heterocycles. The number of likely N-dealkylation sites (tertiary alicyclic amines) is 1. The second-order valence-corrected chi connectivity index (χ2v) is 7.35. The van der Waals surface area contributed by atoms with Crippen LogP contribution < -0.4 is 11.1 Å². The van der Waals surface area contributed by atoms with E-state index in [2.05, 4.69) is 15.7 Å². The molecule has 2 amide bonds. The van der Waals surface area contributed by atoms with Crippen LogP contribution in [0.15, 0.2) is 5.38 Å². The standard InChI is InChI=1S/C17H28N4O2S/c1-13-20-14(12-24-13)5-4-7-17(23)21-10-3-2-6-15(21)11-19-16(22)8-9-18/h12,15H,2-11,18H2,1H3,(H,19,22). The minimum absolute atomic E-state index is 0.0330. The molecule has 3 N–H and O–H groups in total. The molecule has 0 aromatic carbocycles. The summed E-state index contributed by atoms with van der Waals surface area (Å²) in [6, 6.07) is 0.120. The summed E-state index contributed by atoms with van der Waals surface area (Å²) in [5.74, 6) is 0.161. The van der Waals surface area contributed by atoms with Crippen molar-refractivity contribution in [1.82, 2.24) is 15.2 Å². The minimum atomic E-state index is -0.0330. The van der Waals surface area contributed by atoms with Crippen molar-refractivity contribution < 1.29 is 9.59 Å². The number of piperidine rings is 1. The molecule has 24 heavy (non-hydrogen) atoms. The van der Waals surface area contributed by atoms with Crippen LogP contribution in [0.3, 0.4) is 0 Å². The number of nitrogens with two attached hydrogens (primary N) is 1. The summed E-state index contributed by atoms with van der Waals surface area (Å²) in [4.78, 5) is 30.5. The maximum Gasteiger partial charge on any atom is 0.222 e. The van der Waals surface area contributed by atoms with Gasteiger partial charge in [0, 0.05) is 43.9 Å². The molecule has 0 saturated carbocycles. The lowest BCUT2D eigenvalue weighted by molar-refractivity contribution is -0.135. The first-order valence-electron chi connectivity index (χ1n) is 8.77. The smallest absolute Gasteiger partial charge is 0.222 e. The quantitative estimate of drug-likeness (QED) is 0.744. The lowest BCUT2D eigenvalue weighted by Gasteiger charge is -2.36. The summed E-state index contributed by atoms with van der Waals surface area (Å²) in [6.07, 6.45) is 5.67. The zero-order valence-electron chi connectivity index (χ0n) is 14.4. The molecular weight excluding hydrogens is 324 g/mol. The topological polar surface area (TPSA) is 88.3 Å². The highest BCUT2D eigenvalue weighted by atomic mass is 32.1. The molecule has 1 aliphatic rings. The molecule has 1 fully saturated rings. The van der Waals surface area contributed by atoms with Gasteiger partial charge in [-0.1, -0.05) is 0 Å². The van der Waals surface area contributed by atoms with E-state index in [-0.39, 0.29) is 17.9 Å². The summed E-state index contributed by atoms with van der Waals surface area (Å²) in [7, 11) is 0. The van der Waals surface area contributed by atoms with Crippen molar-refractivity contribution in [1.29, 1.82) is 0 Å². The average Bonchev–Trinajstić information content (AvgIpc) is 2.99. The second kappa shape index (κ2) is 9.74. The SMILES string of the molecule is Cc1nc(CCCC(=O)N2CCCCC2CNC(=O)CCN)cs1. The van der Waals surface area contributed by atoms with Crippen molar-refractivity contribution >= 4 is 23.2 Å².